The minimum Gasteiger partial charge on any atom is -0.454 e. The van der Waals surface area contributed by atoms with Gasteiger partial charge in [-0.15, -0.1) is 0 Å². The van der Waals surface area contributed by atoms with Gasteiger partial charge in [0.25, 0.3) is 0 Å². The van der Waals surface area contributed by atoms with Gasteiger partial charge in [-0.1, -0.05) is 30.3 Å². The Bertz CT molecular complexity index is 1050. The Morgan fingerprint density at radius 2 is 1.94 bits per heavy atom. The zero-order chi connectivity index (χ0) is 21.9. The predicted octanol–water partition coefficient (Wildman–Crippen LogP) is 4.10. The van der Waals surface area contributed by atoms with Crippen LogP contribution >= 0.6 is 0 Å². The average molecular weight is 433 g/mol. The van der Waals surface area contributed by atoms with Crippen molar-refractivity contribution >= 4 is 0 Å². The van der Waals surface area contributed by atoms with Gasteiger partial charge in [-0.3, -0.25) is 4.68 Å². The van der Waals surface area contributed by atoms with Gasteiger partial charge in [0.15, 0.2) is 11.5 Å². The standard InChI is InChI=1S/C26H32N4O2/c1-28-12-6-9-21(14-28)15-29(2)17-23-18-30(16-20-7-4-3-5-8-20)27-26(23)22-10-11-24-25(13-22)32-19-31-24/h3-5,7-8,10-11,13,18,21H,6,9,12,14-17,19H2,1-2H3. The van der Waals surface area contributed by atoms with Crippen LogP contribution in [0.3, 0.4) is 0 Å². The topological polar surface area (TPSA) is 42.8 Å². The maximum absolute atomic E-state index is 5.62. The lowest BCUT2D eigenvalue weighted by Gasteiger charge is -2.32. The maximum atomic E-state index is 5.62. The third kappa shape index (κ3) is 4.81. The van der Waals surface area contributed by atoms with Crippen LogP contribution in [0.2, 0.25) is 0 Å². The van der Waals surface area contributed by atoms with Crippen LogP contribution in [0.4, 0.5) is 0 Å². The Morgan fingerprint density at radius 3 is 2.78 bits per heavy atom. The molecule has 0 radical (unpaired) electrons. The quantitative estimate of drug-likeness (QED) is 0.562. The Kier molecular flexibility index (Phi) is 6.14. The second-order valence-corrected chi connectivity index (χ2v) is 9.22. The van der Waals surface area contributed by atoms with Gasteiger partial charge in [0.2, 0.25) is 6.79 Å². The molecule has 1 atom stereocenters. The first kappa shape index (κ1) is 21.0. The van der Waals surface area contributed by atoms with Gasteiger partial charge in [-0.05, 0) is 63.2 Å². The van der Waals surface area contributed by atoms with E-state index < -0.39 is 0 Å². The summed E-state index contributed by atoms with van der Waals surface area (Å²) in [5.41, 5.74) is 4.58. The highest BCUT2D eigenvalue weighted by Crippen LogP contribution is 2.36. The Labute approximate surface area is 190 Å². The van der Waals surface area contributed by atoms with Crippen molar-refractivity contribution in [3.63, 3.8) is 0 Å². The fraction of sp³-hybridized carbons (Fsp3) is 0.423. The number of nitrogens with zero attached hydrogens (tertiary/aromatic N) is 4. The number of aromatic nitrogens is 2. The van der Waals surface area contributed by atoms with E-state index in [4.69, 9.17) is 14.6 Å². The number of rotatable bonds is 7. The number of hydrogen-bond acceptors (Lipinski definition) is 5. The molecule has 0 bridgehead atoms. The summed E-state index contributed by atoms with van der Waals surface area (Å²) >= 11 is 0. The maximum Gasteiger partial charge on any atom is 0.231 e. The molecule has 1 saturated heterocycles. The van der Waals surface area contributed by atoms with Crippen molar-refractivity contribution in [3.05, 3.63) is 65.9 Å². The monoisotopic (exact) mass is 432 g/mol. The Hall–Kier alpha value is -2.83. The van der Waals surface area contributed by atoms with E-state index in [0.717, 1.165) is 48.3 Å². The number of benzene rings is 2. The molecule has 3 aromatic rings. The van der Waals surface area contributed by atoms with Crippen LogP contribution in [0.25, 0.3) is 11.3 Å². The molecule has 2 aliphatic heterocycles. The van der Waals surface area contributed by atoms with Crippen molar-refractivity contribution in [2.45, 2.75) is 25.9 Å². The molecule has 6 heteroatoms. The van der Waals surface area contributed by atoms with Crippen LogP contribution in [0, 0.1) is 5.92 Å². The minimum absolute atomic E-state index is 0.284. The first-order chi connectivity index (χ1) is 15.6. The summed E-state index contributed by atoms with van der Waals surface area (Å²) in [5.74, 6) is 2.33. The van der Waals surface area contributed by atoms with Crippen molar-refractivity contribution in [1.29, 1.82) is 0 Å². The Balaban J connectivity index is 1.39. The highest BCUT2D eigenvalue weighted by molar-refractivity contribution is 5.67. The molecular formula is C26H32N4O2. The van der Waals surface area contributed by atoms with Crippen molar-refractivity contribution in [1.82, 2.24) is 19.6 Å². The molecule has 2 aromatic carbocycles. The molecule has 1 unspecified atom stereocenters. The summed E-state index contributed by atoms with van der Waals surface area (Å²) in [6, 6.07) is 16.6. The second kappa shape index (κ2) is 9.35. The van der Waals surface area contributed by atoms with Crippen LogP contribution < -0.4 is 9.47 Å². The van der Waals surface area contributed by atoms with Crippen molar-refractivity contribution in [2.75, 3.05) is 40.5 Å². The summed E-state index contributed by atoms with van der Waals surface area (Å²) in [4.78, 5) is 4.90. The third-order valence-electron chi connectivity index (χ3n) is 6.40. The fourth-order valence-electron chi connectivity index (χ4n) is 4.94. The molecule has 0 spiro atoms. The van der Waals surface area contributed by atoms with Gasteiger partial charge in [-0.2, -0.15) is 5.10 Å². The van der Waals surface area contributed by atoms with E-state index >= 15 is 0 Å². The SMILES string of the molecule is CN1CCCC(CN(C)Cc2cn(Cc3ccccc3)nc2-c2ccc3c(c2)OCO3)C1. The van der Waals surface area contributed by atoms with Gasteiger partial charge in [0.05, 0.1) is 12.2 Å². The van der Waals surface area contributed by atoms with Gasteiger partial charge in [0, 0.05) is 37.0 Å². The molecule has 6 nitrogen and oxygen atoms in total. The summed E-state index contributed by atoms with van der Waals surface area (Å²) < 4.78 is 13.2. The largest absolute Gasteiger partial charge is 0.454 e. The van der Waals surface area contributed by atoms with E-state index in [1.807, 2.05) is 12.1 Å². The average Bonchev–Trinajstić information content (AvgIpc) is 3.40. The molecule has 0 amide bonds. The molecule has 0 saturated carbocycles. The summed E-state index contributed by atoms with van der Waals surface area (Å²) in [5, 5.41) is 5.00. The van der Waals surface area contributed by atoms with E-state index in [0.29, 0.717) is 0 Å². The number of ether oxygens (including phenoxy) is 2. The zero-order valence-electron chi connectivity index (χ0n) is 19.0. The molecule has 0 aliphatic carbocycles. The number of likely N-dealkylation sites (tertiary alicyclic amines) is 1. The summed E-state index contributed by atoms with van der Waals surface area (Å²) in [7, 11) is 4.46. The van der Waals surface area contributed by atoms with Crippen molar-refractivity contribution in [3.8, 4) is 22.8 Å². The number of piperidine rings is 1. The van der Waals surface area contributed by atoms with Crippen LogP contribution in [-0.4, -0.2) is 60.1 Å². The highest BCUT2D eigenvalue weighted by Gasteiger charge is 2.21. The van der Waals surface area contributed by atoms with Crippen molar-refractivity contribution in [2.24, 2.45) is 5.92 Å². The second-order valence-electron chi connectivity index (χ2n) is 9.22. The smallest absolute Gasteiger partial charge is 0.231 e. The molecule has 3 heterocycles. The molecule has 1 aromatic heterocycles. The fourth-order valence-corrected chi connectivity index (χ4v) is 4.94. The lowest BCUT2D eigenvalue weighted by molar-refractivity contribution is 0.164. The number of hydrogen-bond donors (Lipinski definition) is 0. The van der Waals surface area contributed by atoms with Crippen molar-refractivity contribution < 1.29 is 9.47 Å². The van der Waals surface area contributed by atoms with Gasteiger partial charge >= 0.3 is 0 Å². The number of fused-ring (bicyclic) bond motifs is 1. The molecule has 2 aliphatic rings. The van der Waals surface area contributed by atoms with Gasteiger partial charge in [-0.25, -0.2) is 0 Å². The van der Waals surface area contributed by atoms with Crippen LogP contribution in [-0.2, 0) is 13.1 Å². The van der Waals surface area contributed by atoms with Gasteiger partial charge < -0.3 is 19.3 Å². The van der Waals surface area contributed by atoms with Crippen LogP contribution in [0.5, 0.6) is 11.5 Å². The Morgan fingerprint density at radius 1 is 1.09 bits per heavy atom. The molecule has 32 heavy (non-hydrogen) atoms. The lowest BCUT2D eigenvalue weighted by atomic mass is 9.98. The van der Waals surface area contributed by atoms with Crippen LogP contribution in [0.1, 0.15) is 24.0 Å². The molecule has 0 N–H and O–H groups in total. The summed E-state index contributed by atoms with van der Waals surface area (Å²) in [6.45, 7) is 5.43. The third-order valence-corrected chi connectivity index (χ3v) is 6.40. The van der Waals surface area contributed by atoms with E-state index in [1.54, 1.807) is 0 Å². The molecule has 168 valence electrons. The predicted molar refractivity (Wildman–Crippen MR) is 126 cm³/mol. The lowest BCUT2D eigenvalue weighted by Crippen LogP contribution is -2.37. The van der Waals surface area contributed by atoms with Crippen LogP contribution in [0.15, 0.2) is 54.7 Å². The molecule has 5 rings (SSSR count). The molecular weight excluding hydrogens is 400 g/mol. The van der Waals surface area contributed by atoms with E-state index in [-0.39, 0.29) is 6.79 Å². The van der Waals surface area contributed by atoms with E-state index in [9.17, 15) is 0 Å². The summed E-state index contributed by atoms with van der Waals surface area (Å²) in [6.07, 6.45) is 4.82. The van der Waals surface area contributed by atoms with E-state index in [1.165, 1.54) is 37.1 Å². The zero-order valence-corrected chi connectivity index (χ0v) is 19.0. The normalized spacial score (nSPS) is 18.4. The molecule has 1 fully saturated rings. The highest BCUT2D eigenvalue weighted by atomic mass is 16.7. The first-order valence-electron chi connectivity index (χ1n) is 11.5. The van der Waals surface area contributed by atoms with E-state index in [2.05, 4.69) is 71.2 Å². The van der Waals surface area contributed by atoms with Gasteiger partial charge in [0.1, 0.15) is 0 Å². The first-order valence-corrected chi connectivity index (χ1v) is 11.5. The minimum atomic E-state index is 0.284.